The number of aromatic nitrogens is 2. The first-order valence-corrected chi connectivity index (χ1v) is 15.5. The fraction of sp³-hybridized carbons (Fsp3) is 0. The molecular weight excluding hydrogens is 557 g/mol. The minimum atomic E-state index is 0.698. The smallest absolute Gasteiger partial charge is 0.161 e. The molecule has 9 rings (SSSR count). The van der Waals surface area contributed by atoms with Gasteiger partial charge in [-0.05, 0) is 40.5 Å². The summed E-state index contributed by atoms with van der Waals surface area (Å²) >= 11 is 1.76. The highest BCUT2D eigenvalue weighted by Crippen LogP contribution is 2.43. The molecule has 0 saturated carbocycles. The van der Waals surface area contributed by atoms with Gasteiger partial charge in [-0.25, -0.2) is 9.97 Å². The fourth-order valence-electron chi connectivity index (χ4n) is 6.18. The molecule has 0 saturated heterocycles. The van der Waals surface area contributed by atoms with Crippen molar-refractivity contribution in [3.05, 3.63) is 146 Å². The molecule has 4 heteroatoms. The molecule has 3 heterocycles. The van der Waals surface area contributed by atoms with Crippen molar-refractivity contribution in [3.63, 3.8) is 0 Å². The number of furan rings is 1. The summed E-state index contributed by atoms with van der Waals surface area (Å²) in [6.07, 6.45) is 0. The molecule has 0 aliphatic rings. The summed E-state index contributed by atoms with van der Waals surface area (Å²) in [5.41, 5.74) is 10.4. The van der Waals surface area contributed by atoms with Gasteiger partial charge in [-0.2, -0.15) is 0 Å². The lowest BCUT2D eigenvalue weighted by Gasteiger charge is -2.09. The van der Waals surface area contributed by atoms with E-state index in [-0.39, 0.29) is 0 Å². The van der Waals surface area contributed by atoms with Crippen molar-refractivity contribution in [3.8, 4) is 44.9 Å². The van der Waals surface area contributed by atoms with Gasteiger partial charge < -0.3 is 4.42 Å². The summed E-state index contributed by atoms with van der Waals surface area (Å²) in [6, 6.07) is 50.8. The standard InChI is InChI=1S/C40H24N2OS/c1-3-10-25(11-4-1)27-18-20-28(21-19-27)37-39-38(31-23-22-29(24-35(31)44-39)26-12-5-2-6-13-26)42-40(41-37)32-15-9-17-34-36(32)30-14-7-8-16-33(30)43-34/h1-24H. The number of thiophene rings is 1. The minimum Gasteiger partial charge on any atom is -0.456 e. The number of para-hydroxylation sites is 1. The van der Waals surface area contributed by atoms with E-state index in [2.05, 4.69) is 115 Å². The normalized spacial score (nSPS) is 11.6. The largest absolute Gasteiger partial charge is 0.456 e. The molecule has 206 valence electrons. The van der Waals surface area contributed by atoms with Gasteiger partial charge in [0.05, 0.1) is 15.9 Å². The van der Waals surface area contributed by atoms with Gasteiger partial charge in [0.2, 0.25) is 0 Å². The number of benzene rings is 6. The van der Waals surface area contributed by atoms with Crippen LogP contribution in [0.3, 0.4) is 0 Å². The van der Waals surface area contributed by atoms with Gasteiger partial charge in [-0.1, -0.05) is 127 Å². The Labute approximate surface area is 257 Å². The van der Waals surface area contributed by atoms with Crippen LogP contribution in [0.4, 0.5) is 0 Å². The first kappa shape index (κ1) is 25.0. The molecule has 3 aromatic heterocycles. The van der Waals surface area contributed by atoms with Gasteiger partial charge in [-0.15, -0.1) is 11.3 Å². The second-order valence-electron chi connectivity index (χ2n) is 11.0. The van der Waals surface area contributed by atoms with E-state index in [1.807, 2.05) is 30.3 Å². The molecule has 0 bridgehead atoms. The highest BCUT2D eigenvalue weighted by molar-refractivity contribution is 7.26. The zero-order valence-corrected chi connectivity index (χ0v) is 24.4. The molecule has 6 aromatic carbocycles. The second-order valence-corrected chi connectivity index (χ2v) is 12.0. The van der Waals surface area contributed by atoms with Crippen molar-refractivity contribution < 1.29 is 4.42 Å². The van der Waals surface area contributed by atoms with Crippen LogP contribution in [-0.2, 0) is 0 Å². The predicted octanol–water partition coefficient (Wildman–Crippen LogP) is 11.4. The summed E-state index contributed by atoms with van der Waals surface area (Å²) in [5.74, 6) is 0.698. The third-order valence-corrected chi connectivity index (χ3v) is 9.48. The summed E-state index contributed by atoms with van der Waals surface area (Å²) < 4.78 is 8.51. The van der Waals surface area contributed by atoms with E-state index >= 15 is 0 Å². The Kier molecular flexibility index (Phi) is 5.68. The number of hydrogen-bond acceptors (Lipinski definition) is 4. The maximum absolute atomic E-state index is 6.23. The molecular formula is C40H24N2OS. The van der Waals surface area contributed by atoms with Crippen LogP contribution in [0.15, 0.2) is 150 Å². The van der Waals surface area contributed by atoms with Crippen molar-refractivity contribution in [1.29, 1.82) is 0 Å². The highest BCUT2D eigenvalue weighted by atomic mass is 32.1. The zero-order chi connectivity index (χ0) is 29.0. The van der Waals surface area contributed by atoms with E-state index < -0.39 is 0 Å². The molecule has 9 aromatic rings. The maximum atomic E-state index is 6.23. The summed E-state index contributed by atoms with van der Waals surface area (Å²) in [7, 11) is 0. The third-order valence-electron chi connectivity index (χ3n) is 8.33. The van der Waals surface area contributed by atoms with Crippen LogP contribution in [0, 0.1) is 0 Å². The first-order chi connectivity index (χ1) is 21.8. The van der Waals surface area contributed by atoms with Crippen LogP contribution >= 0.6 is 11.3 Å². The highest BCUT2D eigenvalue weighted by Gasteiger charge is 2.20. The maximum Gasteiger partial charge on any atom is 0.161 e. The van der Waals surface area contributed by atoms with Crippen molar-refractivity contribution in [2.24, 2.45) is 0 Å². The van der Waals surface area contributed by atoms with Gasteiger partial charge >= 0.3 is 0 Å². The molecule has 0 unspecified atom stereocenters. The molecule has 0 radical (unpaired) electrons. The van der Waals surface area contributed by atoms with Crippen LogP contribution in [0.5, 0.6) is 0 Å². The molecule has 3 nitrogen and oxygen atoms in total. The zero-order valence-electron chi connectivity index (χ0n) is 23.6. The average Bonchev–Trinajstić information content (AvgIpc) is 3.67. The summed E-state index contributed by atoms with van der Waals surface area (Å²) in [5, 5.41) is 3.25. The topological polar surface area (TPSA) is 38.9 Å². The van der Waals surface area contributed by atoms with Gasteiger partial charge in [0.15, 0.2) is 5.82 Å². The van der Waals surface area contributed by atoms with E-state index in [0.717, 1.165) is 54.4 Å². The summed E-state index contributed by atoms with van der Waals surface area (Å²) in [4.78, 5) is 10.6. The number of hydrogen-bond donors (Lipinski definition) is 0. The molecule has 0 N–H and O–H groups in total. The molecule has 0 atom stereocenters. The Hall–Kier alpha value is -5.58. The summed E-state index contributed by atoms with van der Waals surface area (Å²) in [6.45, 7) is 0. The van der Waals surface area contributed by atoms with Crippen LogP contribution in [0.25, 0.3) is 87.1 Å². The van der Waals surface area contributed by atoms with Crippen molar-refractivity contribution >= 4 is 53.6 Å². The molecule has 0 fully saturated rings. The fourth-order valence-corrected chi connectivity index (χ4v) is 7.37. The van der Waals surface area contributed by atoms with Crippen LogP contribution in [0.1, 0.15) is 0 Å². The third kappa shape index (κ3) is 4.03. The van der Waals surface area contributed by atoms with Crippen molar-refractivity contribution in [2.45, 2.75) is 0 Å². The van der Waals surface area contributed by atoms with Crippen LogP contribution < -0.4 is 0 Å². The molecule has 0 spiro atoms. The Balaban J connectivity index is 1.30. The van der Waals surface area contributed by atoms with E-state index in [1.165, 1.54) is 27.0 Å². The predicted molar refractivity (Wildman–Crippen MR) is 184 cm³/mol. The molecule has 0 aliphatic heterocycles. The van der Waals surface area contributed by atoms with Gasteiger partial charge in [0.1, 0.15) is 11.2 Å². The Morgan fingerprint density at radius 3 is 1.91 bits per heavy atom. The van der Waals surface area contributed by atoms with Gasteiger partial charge in [0, 0.05) is 32.0 Å². The second kappa shape index (κ2) is 10.0. The monoisotopic (exact) mass is 580 g/mol. The minimum absolute atomic E-state index is 0.698. The molecule has 0 amide bonds. The Morgan fingerprint density at radius 2 is 1.11 bits per heavy atom. The van der Waals surface area contributed by atoms with E-state index in [1.54, 1.807) is 11.3 Å². The quantitative estimate of drug-likeness (QED) is 0.208. The van der Waals surface area contributed by atoms with Crippen molar-refractivity contribution in [1.82, 2.24) is 9.97 Å². The SMILES string of the molecule is c1ccc(-c2ccc(-c3nc(-c4cccc5oc6ccccc6c45)nc4c3sc3cc(-c5ccccc5)ccc34)cc2)cc1. The van der Waals surface area contributed by atoms with E-state index in [4.69, 9.17) is 14.4 Å². The van der Waals surface area contributed by atoms with E-state index in [0.29, 0.717) is 5.82 Å². The van der Waals surface area contributed by atoms with E-state index in [9.17, 15) is 0 Å². The first-order valence-electron chi connectivity index (χ1n) is 14.7. The number of rotatable bonds is 4. The Morgan fingerprint density at radius 1 is 0.477 bits per heavy atom. The lowest BCUT2D eigenvalue weighted by molar-refractivity contribution is 0.669. The number of nitrogens with zero attached hydrogens (tertiary/aromatic N) is 2. The lowest BCUT2D eigenvalue weighted by Crippen LogP contribution is -1.94. The van der Waals surface area contributed by atoms with Crippen LogP contribution in [0.2, 0.25) is 0 Å². The molecule has 44 heavy (non-hydrogen) atoms. The van der Waals surface area contributed by atoms with Crippen LogP contribution in [-0.4, -0.2) is 9.97 Å². The van der Waals surface area contributed by atoms with Gasteiger partial charge in [-0.3, -0.25) is 0 Å². The van der Waals surface area contributed by atoms with Gasteiger partial charge in [0.25, 0.3) is 0 Å². The lowest BCUT2D eigenvalue weighted by atomic mass is 10.0. The van der Waals surface area contributed by atoms with Crippen molar-refractivity contribution in [2.75, 3.05) is 0 Å². The number of fused-ring (bicyclic) bond motifs is 6. The average molecular weight is 581 g/mol. The Bertz CT molecular complexity index is 2480. The molecule has 0 aliphatic carbocycles.